The Morgan fingerprint density at radius 2 is 1.89 bits per heavy atom. The molecule has 1 atom stereocenters. The molecule has 0 aromatic heterocycles. The predicted octanol–water partition coefficient (Wildman–Crippen LogP) is 1.92. The maximum Gasteiger partial charge on any atom is 0.480 e. The van der Waals surface area contributed by atoms with Gasteiger partial charge >= 0.3 is 7.12 Å². The molecule has 0 radical (unpaired) electrons. The molecule has 0 bridgehead atoms. The van der Waals surface area contributed by atoms with Gasteiger partial charge in [0.25, 0.3) is 5.91 Å². The minimum atomic E-state index is -0.522. The van der Waals surface area contributed by atoms with Gasteiger partial charge in [-0.05, 0) is 30.5 Å². The standard InChI is InChI=1S/C18H26BCl2N3O4/c1-12(2)9-16(19-27-7-5-22-6-8-28-19)24-17(25)11-23-18(26)14-10-13(20)3-4-15(14)21/h3-4,10,12,16,22H,5-9,11H2,1-2H3,(H,23,26)(H,24,25)/t16-/m0/s1. The second-order valence-corrected chi connectivity index (χ2v) is 7.81. The lowest BCUT2D eigenvalue weighted by Gasteiger charge is -2.27. The topological polar surface area (TPSA) is 88.7 Å². The van der Waals surface area contributed by atoms with Gasteiger partial charge in [0.15, 0.2) is 0 Å². The molecule has 1 aromatic rings. The molecule has 1 aliphatic rings. The van der Waals surface area contributed by atoms with Crippen LogP contribution in [0, 0.1) is 5.92 Å². The van der Waals surface area contributed by atoms with Crippen LogP contribution in [0.4, 0.5) is 0 Å². The Kier molecular flexibility index (Phi) is 9.54. The zero-order valence-corrected chi connectivity index (χ0v) is 17.6. The minimum Gasteiger partial charge on any atom is -0.408 e. The molecule has 1 saturated heterocycles. The molecule has 10 heteroatoms. The van der Waals surface area contributed by atoms with Crippen LogP contribution in [0.15, 0.2) is 18.2 Å². The third kappa shape index (κ3) is 7.60. The van der Waals surface area contributed by atoms with Gasteiger partial charge in [-0.15, -0.1) is 0 Å². The molecule has 3 N–H and O–H groups in total. The van der Waals surface area contributed by atoms with Crippen molar-refractivity contribution in [2.24, 2.45) is 5.92 Å². The van der Waals surface area contributed by atoms with E-state index in [1.54, 1.807) is 6.07 Å². The van der Waals surface area contributed by atoms with Crippen molar-refractivity contribution in [3.63, 3.8) is 0 Å². The summed E-state index contributed by atoms with van der Waals surface area (Å²) in [5.41, 5.74) is 0.222. The first-order valence-electron chi connectivity index (χ1n) is 9.33. The van der Waals surface area contributed by atoms with E-state index in [2.05, 4.69) is 29.8 Å². The Balaban J connectivity index is 1.93. The highest BCUT2D eigenvalue weighted by Crippen LogP contribution is 2.20. The number of rotatable bonds is 7. The molecule has 28 heavy (non-hydrogen) atoms. The fourth-order valence-electron chi connectivity index (χ4n) is 2.83. The lowest BCUT2D eigenvalue weighted by atomic mass is 9.73. The Morgan fingerprint density at radius 3 is 2.54 bits per heavy atom. The molecule has 0 aliphatic carbocycles. The fourth-order valence-corrected chi connectivity index (χ4v) is 3.21. The number of carbonyl (C=O) groups is 2. The van der Waals surface area contributed by atoms with Crippen LogP contribution in [0.3, 0.4) is 0 Å². The van der Waals surface area contributed by atoms with Crippen LogP contribution < -0.4 is 16.0 Å². The molecule has 154 valence electrons. The van der Waals surface area contributed by atoms with Crippen LogP contribution in [0.25, 0.3) is 0 Å². The van der Waals surface area contributed by atoms with Crippen molar-refractivity contribution < 1.29 is 18.9 Å². The van der Waals surface area contributed by atoms with Crippen molar-refractivity contribution in [3.8, 4) is 0 Å². The van der Waals surface area contributed by atoms with Gasteiger partial charge < -0.3 is 25.3 Å². The summed E-state index contributed by atoms with van der Waals surface area (Å²) >= 11 is 11.9. The van der Waals surface area contributed by atoms with E-state index in [0.717, 1.165) is 13.1 Å². The van der Waals surface area contributed by atoms with E-state index in [1.807, 2.05) is 0 Å². The van der Waals surface area contributed by atoms with Gasteiger partial charge in [-0.25, -0.2) is 0 Å². The lowest BCUT2D eigenvalue weighted by Crippen LogP contribution is -2.53. The maximum atomic E-state index is 12.4. The molecule has 0 unspecified atom stereocenters. The van der Waals surface area contributed by atoms with Crippen molar-refractivity contribution in [2.75, 3.05) is 32.8 Å². The van der Waals surface area contributed by atoms with Crippen LogP contribution in [-0.4, -0.2) is 57.7 Å². The minimum absolute atomic E-state index is 0.190. The van der Waals surface area contributed by atoms with Crippen molar-refractivity contribution in [1.29, 1.82) is 0 Å². The first kappa shape index (κ1) is 23.0. The molecule has 1 fully saturated rings. The van der Waals surface area contributed by atoms with E-state index in [4.69, 9.17) is 32.5 Å². The molecule has 0 spiro atoms. The predicted molar refractivity (Wildman–Crippen MR) is 111 cm³/mol. The quantitative estimate of drug-likeness (QED) is 0.576. The van der Waals surface area contributed by atoms with Crippen molar-refractivity contribution in [3.05, 3.63) is 33.8 Å². The zero-order chi connectivity index (χ0) is 20.5. The smallest absolute Gasteiger partial charge is 0.408 e. The van der Waals surface area contributed by atoms with Crippen LogP contribution >= 0.6 is 23.2 Å². The number of amides is 2. The summed E-state index contributed by atoms with van der Waals surface area (Å²) in [6.45, 7) is 6.40. The largest absolute Gasteiger partial charge is 0.480 e. The van der Waals surface area contributed by atoms with Crippen LogP contribution in [0.5, 0.6) is 0 Å². The van der Waals surface area contributed by atoms with Gasteiger partial charge in [0.2, 0.25) is 5.91 Å². The van der Waals surface area contributed by atoms with Crippen molar-refractivity contribution >= 4 is 42.1 Å². The van der Waals surface area contributed by atoms with Crippen LogP contribution in [-0.2, 0) is 14.1 Å². The molecule has 1 aromatic carbocycles. The average molecular weight is 430 g/mol. The highest BCUT2D eigenvalue weighted by molar-refractivity contribution is 6.47. The zero-order valence-electron chi connectivity index (χ0n) is 16.1. The average Bonchev–Trinajstić information content (AvgIpc) is 2.60. The van der Waals surface area contributed by atoms with E-state index < -0.39 is 13.0 Å². The van der Waals surface area contributed by atoms with E-state index in [0.29, 0.717) is 30.6 Å². The first-order chi connectivity index (χ1) is 13.4. The van der Waals surface area contributed by atoms with Crippen LogP contribution in [0.1, 0.15) is 30.6 Å². The third-order valence-electron chi connectivity index (χ3n) is 4.10. The molecule has 1 aliphatic heterocycles. The van der Waals surface area contributed by atoms with E-state index in [9.17, 15) is 9.59 Å². The number of hydrogen-bond donors (Lipinski definition) is 3. The molecular formula is C18H26BCl2N3O4. The SMILES string of the molecule is CC(C)C[C@H](NC(=O)CNC(=O)c1cc(Cl)ccc1Cl)B1OCCNCCO1. The Labute approximate surface area is 176 Å². The molecule has 0 saturated carbocycles. The van der Waals surface area contributed by atoms with E-state index >= 15 is 0 Å². The normalized spacial score (nSPS) is 16.2. The Bertz CT molecular complexity index is 670. The summed E-state index contributed by atoms with van der Waals surface area (Å²) in [4.78, 5) is 24.7. The van der Waals surface area contributed by atoms with Gasteiger partial charge in [-0.1, -0.05) is 37.0 Å². The maximum absolute atomic E-state index is 12.4. The molecule has 2 amide bonds. The highest BCUT2D eigenvalue weighted by Gasteiger charge is 2.33. The Morgan fingerprint density at radius 1 is 1.21 bits per heavy atom. The van der Waals surface area contributed by atoms with E-state index in [1.165, 1.54) is 12.1 Å². The van der Waals surface area contributed by atoms with Gasteiger partial charge in [0.05, 0.1) is 23.1 Å². The summed E-state index contributed by atoms with van der Waals surface area (Å²) in [7, 11) is -0.522. The second kappa shape index (κ2) is 11.6. The van der Waals surface area contributed by atoms with Crippen molar-refractivity contribution in [2.45, 2.75) is 26.2 Å². The number of halogens is 2. The lowest BCUT2D eigenvalue weighted by molar-refractivity contribution is -0.120. The van der Waals surface area contributed by atoms with E-state index in [-0.39, 0.29) is 29.0 Å². The molecular weight excluding hydrogens is 404 g/mol. The molecule has 1 heterocycles. The second-order valence-electron chi connectivity index (χ2n) is 6.97. The molecule has 7 nitrogen and oxygen atoms in total. The number of benzene rings is 1. The Hall–Kier alpha value is -1.32. The number of hydrogen-bond acceptors (Lipinski definition) is 5. The van der Waals surface area contributed by atoms with Gasteiger partial charge in [0, 0.05) is 31.3 Å². The fraction of sp³-hybridized carbons (Fsp3) is 0.556. The van der Waals surface area contributed by atoms with Gasteiger partial charge in [0.1, 0.15) is 0 Å². The highest BCUT2D eigenvalue weighted by atomic mass is 35.5. The third-order valence-corrected chi connectivity index (χ3v) is 4.67. The number of carbonyl (C=O) groups excluding carboxylic acids is 2. The number of nitrogens with one attached hydrogen (secondary N) is 3. The summed E-state index contributed by atoms with van der Waals surface area (Å²) in [6, 6.07) is 4.59. The van der Waals surface area contributed by atoms with Gasteiger partial charge in [-0.3, -0.25) is 9.59 Å². The van der Waals surface area contributed by atoms with Crippen molar-refractivity contribution in [1.82, 2.24) is 16.0 Å². The monoisotopic (exact) mass is 429 g/mol. The van der Waals surface area contributed by atoms with Crippen LogP contribution in [0.2, 0.25) is 10.0 Å². The van der Waals surface area contributed by atoms with Gasteiger partial charge in [-0.2, -0.15) is 0 Å². The molecule has 2 rings (SSSR count). The first-order valence-corrected chi connectivity index (χ1v) is 10.1. The summed E-state index contributed by atoms with van der Waals surface area (Å²) < 4.78 is 11.5. The summed E-state index contributed by atoms with van der Waals surface area (Å²) in [5, 5.41) is 9.32. The summed E-state index contributed by atoms with van der Waals surface area (Å²) in [6.07, 6.45) is 0.692. The summed E-state index contributed by atoms with van der Waals surface area (Å²) in [5.74, 6) is -0.768.